The summed E-state index contributed by atoms with van der Waals surface area (Å²) in [4.78, 5) is 2.43. The van der Waals surface area contributed by atoms with Crippen molar-refractivity contribution in [3.8, 4) is 0 Å². The molecule has 0 atom stereocenters. The fourth-order valence-corrected chi connectivity index (χ4v) is 6.15. The van der Waals surface area contributed by atoms with E-state index >= 15 is 0 Å². The lowest BCUT2D eigenvalue weighted by molar-refractivity contribution is 0.291. The van der Waals surface area contributed by atoms with E-state index in [1.54, 1.807) is 15.6 Å². The third-order valence-corrected chi connectivity index (χ3v) is 7.08. The average molecular weight is 302 g/mol. The number of aryl methyl sites for hydroxylation is 1. The van der Waals surface area contributed by atoms with Gasteiger partial charge in [-0.15, -0.1) is 11.3 Å². The molecule has 6 heteroatoms. The first kappa shape index (κ1) is 15.0. The molecule has 0 saturated carbocycles. The van der Waals surface area contributed by atoms with Gasteiger partial charge >= 0.3 is 0 Å². The normalized spacial score (nSPS) is 20.0. The summed E-state index contributed by atoms with van der Waals surface area (Å²) in [6.07, 6.45) is 1.87. The van der Waals surface area contributed by atoms with Crippen molar-refractivity contribution in [1.82, 2.24) is 9.62 Å². The first-order valence-corrected chi connectivity index (χ1v) is 8.81. The van der Waals surface area contributed by atoms with E-state index in [9.17, 15) is 8.42 Å². The summed E-state index contributed by atoms with van der Waals surface area (Å²) in [6.45, 7) is 7.25. The van der Waals surface area contributed by atoms with Gasteiger partial charge in [-0.05, 0) is 46.7 Å². The van der Waals surface area contributed by atoms with Crippen LogP contribution in [0, 0.1) is 6.92 Å². The van der Waals surface area contributed by atoms with Crippen molar-refractivity contribution in [2.45, 2.75) is 50.6 Å². The number of rotatable bonds is 4. The second-order valence-electron chi connectivity index (χ2n) is 5.66. The van der Waals surface area contributed by atoms with Gasteiger partial charge in [-0.2, -0.15) is 4.31 Å². The Hall–Kier alpha value is -0.430. The predicted octanol–water partition coefficient (Wildman–Crippen LogP) is 2.34. The van der Waals surface area contributed by atoms with Crippen LogP contribution < -0.4 is 5.32 Å². The van der Waals surface area contributed by atoms with Gasteiger partial charge in [0, 0.05) is 28.4 Å². The zero-order valence-electron chi connectivity index (χ0n) is 12.0. The molecule has 1 fully saturated rings. The van der Waals surface area contributed by atoms with Gasteiger partial charge in [-0.3, -0.25) is 0 Å². The van der Waals surface area contributed by atoms with Crippen molar-refractivity contribution in [3.63, 3.8) is 0 Å². The summed E-state index contributed by atoms with van der Waals surface area (Å²) in [6, 6.07) is 1.82. The summed E-state index contributed by atoms with van der Waals surface area (Å²) < 4.78 is 27.3. The Labute approximate surface area is 119 Å². The molecule has 1 aromatic rings. The van der Waals surface area contributed by atoms with Crippen LogP contribution in [0.15, 0.2) is 11.0 Å². The van der Waals surface area contributed by atoms with Gasteiger partial charge in [-0.1, -0.05) is 0 Å². The van der Waals surface area contributed by atoms with Crippen molar-refractivity contribution < 1.29 is 8.42 Å². The average Bonchev–Trinajstić information content (AvgIpc) is 2.82. The molecule has 2 rings (SSSR count). The summed E-state index contributed by atoms with van der Waals surface area (Å²) in [5.41, 5.74) is -0.267. The molecule has 2 heterocycles. The quantitative estimate of drug-likeness (QED) is 0.929. The van der Waals surface area contributed by atoms with E-state index < -0.39 is 10.0 Å². The largest absolute Gasteiger partial charge is 0.315 e. The Kier molecular flexibility index (Phi) is 4.07. The van der Waals surface area contributed by atoms with Crippen molar-refractivity contribution in [1.29, 1.82) is 0 Å². The highest BCUT2D eigenvalue weighted by molar-refractivity contribution is 7.89. The van der Waals surface area contributed by atoms with E-state index in [-0.39, 0.29) is 5.54 Å². The Bertz CT molecular complexity index is 561. The summed E-state index contributed by atoms with van der Waals surface area (Å²) in [5.74, 6) is 0. The van der Waals surface area contributed by atoms with E-state index in [1.807, 2.05) is 33.9 Å². The van der Waals surface area contributed by atoms with Gasteiger partial charge in [0.05, 0.1) is 4.90 Å². The van der Waals surface area contributed by atoms with Gasteiger partial charge in [0.2, 0.25) is 10.0 Å². The maximum Gasteiger partial charge on any atom is 0.244 e. The molecule has 0 unspecified atom stereocenters. The van der Waals surface area contributed by atoms with E-state index in [4.69, 9.17) is 0 Å². The van der Waals surface area contributed by atoms with E-state index in [0.717, 1.165) is 22.6 Å². The molecule has 1 aliphatic heterocycles. The SMILES string of the molecule is CNCc1cc(S(=O)(=O)N2CCCC2(C)C)c(C)s1. The smallest absolute Gasteiger partial charge is 0.244 e. The van der Waals surface area contributed by atoms with Crippen LogP contribution in [0.5, 0.6) is 0 Å². The van der Waals surface area contributed by atoms with Crippen LogP contribution in [0.2, 0.25) is 0 Å². The van der Waals surface area contributed by atoms with Crippen molar-refractivity contribution in [3.05, 3.63) is 15.8 Å². The summed E-state index contributed by atoms with van der Waals surface area (Å²) in [5, 5.41) is 3.06. The Balaban J connectivity index is 2.39. The standard InChI is InChI=1S/C13H22N2O2S2/c1-10-12(8-11(18-10)9-14-4)19(16,17)15-7-5-6-13(15,2)3/h8,14H,5-7,9H2,1-4H3. The molecule has 19 heavy (non-hydrogen) atoms. The Morgan fingerprint density at radius 2 is 2.16 bits per heavy atom. The minimum absolute atomic E-state index is 0.267. The third kappa shape index (κ3) is 2.72. The van der Waals surface area contributed by atoms with Crippen LogP contribution in [0.1, 0.15) is 36.4 Å². The molecule has 1 aliphatic rings. The fraction of sp³-hybridized carbons (Fsp3) is 0.692. The number of hydrogen-bond donors (Lipinski definition) is 1. The number of hydrogen-bond acceptors (Lipinski definition) is 4. The van der Waals surface area contributed by atoms with Crippen LogP contribution in [0.4, 0.5) is 0 Å². The van der Waals surface area contributed by atoms with Crippen LogP contribution in [0.25, 0.3) is 0 Å². The van der Waals surface area contributed by atoms with Gasteiger partial charge in [0.1, 0.15) is 0 Å². The molecule has 0 aliphatic carbocycles. The number of nitrogens with zero attached hydrogens (tertiary/aromatic N) is 1. The molecule has 1 N–H and O–H groups in total. The molecule has 0 spiro atoms. The molecule has 108 valence electrons. The molecule has 1 saturated heterocycles. The fourth-order valence-electron chi connectivity index (χ4n) is 2.69. The van der Waals surface area contributed by atoms with Gasteiger partial charge in [0.15, 0.2) is 0 Å². The van der Waals surface area contributed by atoms with Crippen LogP contribution in [0.3, 0.4) is 0 Å². The number of sulfonamides is 1. The van der Waals surface area contributed by atoms with Gasteiger partial charge < -0.3 is 5.32 Å². The predicted molar refractivity (Wildman–Crippen MR) is 79.0 cm³/mol. The molecule has 0 amide bonds. The molecule has 0 aromatic carbocycles. The monoisotopic (exact) mass is 302 g/mol. The topological polar surface area (TPSA) is 49.4 Å². The minimum Gasteiger partial charge on any atom is -0.315 e. The minimum atomic E-state index is -3.36. The maximum atomic E-state index is 12.8. The molecular weight excluding hydrogens is 280 g/mol. The van der Waals surface area contributed by atoms with Crippen LogP contribution in [-0.4, -0.2) is 31.9 Å². The van der Waals surface area contributed by atoms with E-state index in [2.05, 4.69) is 5.32 Å². The highest BCUT2D eigenvalue weighted by Crippen LogP contribution is 2.36. The van der Waals surface area contributed by atoms with Crippen molar-refractivity contribution in [2.24, 2.45) is 0 Å². The number of thiophene rings is 1. The van der Waals surface area contributed by atoms with Gasteiger partial charge in [0.25, 0.3) is 0 Å². The molecule has 1 aromatic heterocycles. The maximum absolute atomic E-state index is 12.8. The third-order valence-electron chi connectivity index (χ3n) is 3.67. The van der Waals surface area contributed by atoms with Crippen LogP contribution >= 0.6 is 11.3 Å². The lowest BCUT2D eigenvalue weighted by atomic mass is 10.0. The Morgan fingerprint density at radius 1 is 1.47 bits per heavy atom. The molecular formula is C13H22N2O2S2. The van der Waals surface area contributed by atoms with E-state index in [0.29, 0.717) is 18.0 Å². The first-order valence-electron chi connectivity index (χ1n) is 6.56. The molecule has 0 bridgehead atoms. The lowest BCUT2D eigenvalue weighted by Crippen LogP contribution is -2.42. The highest BCUT2D eigenvalue weighted by atomic mass is 32.2. The summed E-state index contributed by atoms with van der Waals surface area (Å²) >= 11 is 1.56. The summed E-state index contributed by atoms with van der Waals surface area (Å²) in [7, 11) is -1.49. The van der Waals surface area contributed by atoms with Crippen molar-refractivity contribution in [2.75, 3.05) is 13.6 Å². The zero-order valence-corrected chi connectivity index (χ0v) is 13.6. The van der Waals surface area contributed by atoms with Gasteiger partial charge in [-0.25, -0.2) is 8.42 Å². The zero-order chi connectivity index (χ0) is 14.3. The lowest BCUT2D eigenvalue weighted by Gasteiger charge is -2.30. The van der Waals surface area contributed by atoms with Crippen molar-refractivity contribution >= 4 is 21.4 Å². The molecule has 4 nitrogen and oxygen atoms in total. The second-order valence-corrected chi connectivity index (χ2v) is 8.83. The van der Waals surface area contributed by atoms with Crippen LogP contribution in [-0.2, 0) is 16.6 Å². The van der Waals surface area contributed by atoms with E-state index in [1.165, 1.54) is 0 Å². The Morgan fingerprint density at radius 3 is 2.68 bits per heavy atom. The highest BCUT2D eigenvalue weighted by Gasteiger charge is 2.41. The number of nitrogens with one attached hydrogen (secondary N) is 1. The molecule has 0 radical (unpaired) electrons. The second kappa shape index (κ2) is 5.16. The first-order chi connectivity index (χ1) is 8.79.